The van der Waals surface area contributed by atoms with Crippen molar-refractivity contribution < 1.29 is 39.3 Å². The average molecular weight is 490 g/mol. The predicted octanol–water partition coefficient (Wildman–Crippen LogP) is -3.58. The van der Waals surface area contributed by atoms with E-state index in [0.29, 0.717) is 6.42 Å². The third kappa shape index (κ3) is 11.4. The van der Waals surface area contributed by atoms with E-state index in [0.717, 1.165) is 0 Å². The van der Waals surface area contributed by atoms with Crippen molar-refractivity contribution in [1.82, 2.24) is 16.0 Å². The van der Waals surface area contributed by atoms with E-state index in [1.807, 2.05) is 0 Å². The number of aliphatic imine (C=N–C) groups is 1. The maximum atomic E-state index is 12.7. The Morgan fingerprint density at radius 3 is 1.85 bits per heavy atom. The minimum absolute atomic E-state index is 0.106. The summed E-state index contributed by atoms with van der Waals surface area (Å²) < 4.78 is 0. The smallest absolute Gasteiger partial charge is 0.326 e. The summed E-state index contributed by atoms with van der Waals surface area (Å²) in [5.41, 5.74) is 16.2. The number of carboxylic acid groups (broad SMARTS) is 2. The number of aliphatic carboxylic acids is 2. The highest BCUT2D eigenvalue weighted by Crippen LogP contribution is 2.06. The Balaban J connectivity index is 5.25. The van der Waals surface area contributed by atoms with Crippen LogP contribution in [-0.4, -0.2) is 87.8 Å². The van der Waals surface area contributed by atoms with Gasteiger partial charge in [-0.25, -0.2) is 4.79 Å². The van der Waals surface area contributed by atoms with Crippen LogP contribution in [0.3, 0.4) is 0 Å². The van der Waals surface area contributed by atoms with E-state index < -0.39 is 72.3 Å². The molecule has 3 amide bonds. The third-order valence-electron chi connectivity index (χ3n) is 4.61. The number of hydrogen-bond donors (Lipinski definition) is 9. The Morgan fingerprint density at radius 2 is 1.41 bits per heavy atom. The number of guanidine groups is 1. The Morgan fingerprint density at radius 1 is 0.882 bits per heavy atom. The van der Waals surface area contributed by atoms with Crippen LogP contribution in [0.25, 0.3) is 0 Å². The quantitative estimate of drug-likeness (QED) is 0.0616. The lowest BCUT2D eigenvalue weighted by Crippen LogP contribution is -2.60. The van der Waals surface area contributed by atoms with Crippen molar-refractivity contribution in [2.24, 2.45) is 28.1 Å². The van der Waals surface area contributed by atoms with Crippen molar-refractivity contribution in [3.8, 4) is 0 Å². The zero-order valence-electron chi connectivity index (χ0n) is 19.4. The molecule has 5 atom stereocenters. The summed E-state index contributed by atoms with van der Waals surface area (Å²) in [7, 11) is 0. The van der Waals surface area contributed by atoms with Gasteiger partial charge in [0.15, 0.2) is 5.96 Å². The van der Waals surface area contributed by atoms with Crippen LogP contribution in [0.1, 0.15) is 40.0 Å². The van der Waals surface area contributed by atoms with Crippen LogP contribution in [0, 0.1) is 5.92 Å². The molecule has 0 saturated carbocycles. The van der Waals surface area contributed by atoms with E-state index in [9.17, 15) is 29.1 Å². The first kappa shape index (κ1) is 30.5. The maximum Gasteiger partial charge on any atom is 0.326 e. The fraction of sp³-hybridized carbons (Fsp3) is 0.684. The molecule has 0 saturated heterocycles. The highest BCUT2D eigenvalue weighted by atomic mass is 16.4. The molecular weight excluding hydrogens is 454 g/mol. The second-order valence-electron chi connectivity index (χ2n) is 8.01. The molecule has 0 aliphatic carbocycles. The maximum absolute atomic E-state index is 12.7. The van der Waals surface area contributed by atoms with Crippen LogP contribution in [0.15, 0.2) is 4.99 Å². The van der Waals surface area contributed by atoms with E-state index in [1.165, 1.54) is 6.92 Å². The number of carbonyl (C=O) groups is 5. The zero-order chi connectivity index (χ0) is 26.6. The first-order valence-electron chi connectivity index (χ1n) is 10.5. The number of carboxylic acids is 2. The van der Waals surface area contributed by atoms with Crippen LogP contribution in [0.2, 0.25) is 0 Å². The zero-order valence-corrected chi connectivity index (χ0v) is 19.4. The van der Waals surface area contributed by atoms with E-state index in [1.54, 1.807) is 13.8 Å². The van der Waals surface area contributed by atoms with Crippen LogP contribution in [-0.2, 0) is 24.0 Å². The number of rotatable bonds is 15. The van der Waals surface area contributed by atoms with Gasteiger partial charge in [0.2, 0.25) is 17.7 Å². The Kier molecular flexibility index (Phi) is 13.2. The van der Waals surface area contributed by atoms with Crippen LogP contribution in [0.5, 0.6) is 0 Å². The minimum atomic E-state index is -1.72. The highest BCUT2D eigenvalue weighted by Gasteiger charge is 2.34. The summed E-state index contributed by atoms with van der Waals surface area (Å²) in [4.78, 5) is 63.4. The molecule has 12 N–H and O–H groups in total. The van der Waals surface area contributed by atoms with Gasteiger partial charge in [-0.1, -0.05) is 13.8 Å². The molecule has 0 spiro atoms. The van der Waals surface area contributed by atoms with Gasteiger partial charge < -0.3 is 48.5 Å². The number of aliphatic hydroxyl groups is 1. The number of carbonyl (C=O) groups excluding carboxylic acids is 3. The van der Waals surface area contributed by atoms with Crippen molar-refractivity contribution in [2.75, 3.05) is 6.54 Å². The van der Waals surface area contributed by atoms with Crippen molar-refractivity contribution in [2.45, 2.75) is 70.3 Å². The van der Waals surface area contributed by atoms with Crippen molar-refractivity contribution in [1.29, 1.82) is 0 Å². The molecule has 0 rings (SSSR count). The number of nitrogens with zero attached hydrogens (tertiary/aromatic N) is 1. The summed E-state index contributed by atoms with van der Waals surface area (Å²) in [6.45, 7) is 4.60. The highest BCUT2D eigenvalue weighted by molar-refractivity contribution is 5.95. The summed E-state index contributed by atoms with van der Waals surface area (Å²) in [5, 5.41) is 34.7. The van der Waals surface area contributed by atoms with Gasteiger partial charge in [-0.3, -0.25) is 24.2 Å². The molecule has 0 radical (unpaired) electrons. The van der Waals surface area contributed by atoms with Crippen LogP contribution in [0.4, 0.5) is 0 Å². The Bertz CT molecular complexity index is 768. The molecule has 0 aliphatic heterocycles. The normalized spacial score (nSPS) is 15.2. The number of aliphatic hydroxyl groups excluding tert-OH is 1. The van der Waals surface area contributed by atoms with Gasteiger partial charge in [-0.05, 0) is 25.7 Å². The van der Waals surface area contributed by atoms with E-state index in [-0.39, 0.29) is 18.9 Å². The predicted molar refractivity (Wildman–Crippen MR) is 120 cm³/mol. The Labute approximate surface area is 196 Å². The van der Waals surface area contributed by atoms with E-state index >= 15 is 0 Å². The molecule has 0 aromatic heterocycles. The first-order chi connectivity index (χ1) is 15.7. The fourth-order valence-corrected chi connectivity index (χ4v) is 2.73. The lowest BCUT2D eigenvalue weighted by Gasteiger charge is -2.28. The van der Waals surface area contributed by atoms with Gasteiger partial charge in [0.25, 0.3) is 0 Å². The molecule has 0 fully saturated rings. The molecule has 15 heteroatoms. The van der Waals surface area contributed by atoms with Gasteiger partial charge in [-0.2, -0.15) is 0 Å². The molecule has 0 aromatic rings. The summed E-state index contributed by atoms with van der Waals surface area (Å²) in [6, 6.07) is -5.50. The lowest BCUT2D eigenvalue weighted by molar-refractivity contribution is -0.147. The molecule has 34 heavy (non-hydrogen) atoms. The molecule has 0 aromatic carbocycles. The Hall–Kier alpha value is -3.46. The van der Waals surface area contributed by atoms with Gasteiger partial charge in [0.05, 0.1) is 18.6 Å². The molecule has 194 valence electrons. The summed E-state index contributed by atoms with van der Waals surface area (Å²) in [5.74, 6) is -6.25. The van der Waals surface area contributed by atoms with Crippen molar-refractivity contribution >= 4 is 35.6 Å². The molecule has 0 aliphatic rings. The van der Waals surface area contributed by atoms with Gasteiger partial charge >= 0.3 is 11.9 Å². The van der Waals surface area contributed by atoms with Crippen LogP contribution >= 0.6 is 0 Å². The lowest BCUT2D eigenvalue weighted by atomic mass is 10.0. The van der Waals surface area contributed by atoms with Crippen LogP contribution < -0.4 is 33.2 Å². The third-order valence-corrected chi connectivity index (χ3v) is 4.61. The second kappa shape index (κ2) is 14.6. The molecule has 0 bridgehead atoms. The summed E-state index contributed by atoms with van der Waals surface area (Å²) in [6.07, 6.45) is -1.66. The summed E-state index contributed by atoms with van der Waals surface area (Å²) >= 11 is 0. The SMILES string of the molecule is CC(C)C(NC(=O)C(NC(=O)C(N)CCCN=C(N)N)C(C)O)C(=O)NC(CC(=O)O)C(=O)O. The molecule has 0 heterocycles. The standard InChI is InChI=1S/C19H35N7O8/c1-8(2)13(16(31)24-11(18(33)34)7-12(28)29)25-17(32)14(9(3)27)26-15(30)10(20)5-4-6-23-19(21)22/h8-11,13-14,27H,4-7,20H2,1-3H3,(H,24,31)(H,25,32)(H,26,30)(H,28,29)(H,33,34)(H4,21,22,23). The largest absolute Gasteiger partial charge is 0.481 e. The van der Waals surface area contributed by atoms with E-state index in [2.05, 4.69) is 20.9 Å². The van der Waals surface area contributed by atoms with E-state index in [4.69, 9.17) is 27.4 Å². The molecule has 15 nitrogen and oxygen atoms in total. The molecular formula is C19H35N7O8. The second-order valence-corrected chi connectivity index (χ2v) is 8.01. The van der Waals surface area contributed by atoms with Gasteiger partial charge in [0.1, 0.15) is 18.1 Å². The first-order valence-corrected chi connectivity index (χ1v) is 10.5. The van der Waals surface area contributed by atoms with Gasteiger partial charge in [-0.15, -0.1) is 0 Å². The minimum Gasteiger partial charge on any atom is -0.481 e. The number of nitrogens with two attached hydrogens (primary N) is 3. The molecule has 5 unspecified atom stereocenters. The van der Waals surface area contributed by atoms with Crippen molar-refractivity contribution in [3.05, 3.63) is 0 Å². The van der Waals surface area contributed by atoms with Gasteiger partial charge in [0, 0.05) is 6.54 Å². The van der Waals surface area contributed by atoms with Crippen molar-refractivity contribution in [3.63, 3.8) is 0 Å². The number of nitrogens with one attached hydrogen (secondary N) is 3. The topological polar surface area (TPSA) is 273 Å². The fourth-order valence-electron chi connectivity index (χ4n) is 2.73. The number of amides is 3. The number of hydrogen-bond acceptors (Lipinski definition) is 8. The monoisotopic (exact) mass is 489 g/mol. The average Bonchev–Trinajstić information content (AvgIpc) is 2.70.